The van der Waals surface area contributed by atoms with E-state index in [4.69, 9.17) is 4.74 Å². The van der Waals surface area contributed by atoms with Crippen LogP contribution in [0.15, 0.2) is 24.3 Å². The Hall–Kier alpha value is -1.95. The molecule has 3 rings (SSSR count). The van der Waals surface area contributed by atoms with Crippen LogP contribution in [0.5, 0.6) is 5.75 Å². The van der Waals surface area contributed by atoms with Gasteiger partial charge in [0.15, 0.2) is 0 Å². The van der Waals surface area contributed by atoms with Gasteiger partial charge in [0.05, 0.1) is 22.8 Å². The number of amides is 1. The number of aromatic nitrogens is 2. The third-order valence-electron chi connectivity index (χ3n) is 3.72. The largest absolute Gasteiger partial charge is 0.491 e. The van der Waals surface area contributed by atoms with E-state index in [0.717, 1.165) is 28.4 Å². The molecule has 2 aromatic rings. The topological polar surface area (TPSA) is 56.2 Å². The minimum absolute atomic E-state index is 0.0153. The van der Waals surface area contributed by atoms with Crippen LogP contribution >= 0.6 is 11.8 Å². The smallest absolute Gasteiger partial charge is 0.235 e. The summed E-state index contributed by atoms with van der Waals surface area (Å²) in [5, 5.41) is 7.52. The number of rotatable bonds is 3. The van der Waals surface area contributed by atoms with E-state index in [2.05, 4.69) is 22.5 Å². The Labute approximate surface area is 140 Å². The van der Waals surface area contributed by atoms with Crippen molar-refractivity contribution in [1.82, 2.24) is 9.78 Å². The molecular formula is C17H21N3O2S. The second kappa shape index (κ2) is 6.28. The number of carbonyl (C=O) groups is 1. The van der Waals surface area contributed by atoms with Crippen LogP contribution in [0.25, 0.3) is 0 Å². The minimum atomic E-state index is 0.0153. The number of nitrogens with one attached hydrogen (secondary N) is 1. The summed E-state index contributed by atoms with van der Waals surface area (Å²) in [7, 11) is 1.86. The monoisotopic (exact) mass is 331 g/mol. The van der Waals surface area contributed by atoms with Crippen LogP contribution in [-0.4, -0.2) is 27.5 Å². The normalized spacial score (nSPS) is 17.6. The number of ether oxygens (including phenoxy) is 1. The van der Waals surface area contributed by atoms with Gasteiger partial charge in [0.2, 0.25) is 5.91 Å². The van der Waals surface area contributed by atoms with Gasteiger partial charge in [-0.25, -0.2) is 0 Å². The van der Waals surface area contributed by atoms with Gasteiger partial charge in [-0.2, -0.15) is 5.10 Å². The first kappa shape index (κ1) is 15.9. The predicted octanol–water partition coefficient (Wildman–Crippen LogP) is 3.29. The summed E-state index contributed by atoms with van der Waals surface area (Å²) < 4.78 is 7.45. The fourth-order valence-electron chi connectivity index (χ4n) is 2.80. The molecule has 1 aliphatic heterocycles. The lowest BCUT2D eigenvalue weighted by atomic mass is 10.0. The Morgan fingerprint density at radius 3 is 2.70 bits per heavy atom. The number of thioether (sulfide) groups is 1. The summed E-state index contributed by atoms with van der Waals surface area (Å²) in [6.45, 7) is 6.01. The van der Waals surface area contributed by atoms with Crippen LogP contribution in [0.1, 0.15) is 35.9 Å². The number of anilines is 1. The molecule has 0 fully saturated rings. The molecule has 1 amide bonds. The quantitative estimate of drug-likeness (QED) is 0.938. The van der Waals surface area contributed by atoms with E-state index in [1.165, 1.54) is 0 Å². The number of hydrogen-bond acceptors (Lipinski definition) is 4. The summed E-state index contributed by atoms with van der Waals surface area (Å²) in [6, 6.07) is 8.12. The van der Waals surface area contributed by atoms with Gasteiger partial charge in [-0.1, -0.05) is 12.1 Å². The number of nitrogens with zero attached hydrogens (tertiary/aromatic N) is 2. The maximum Gasteiger partial charge on any atom is 0.235 e. The van der Waals surface area contributed by atoms with Gasteiger partial charge < -0.3 is 10.1 Å². The highest BCUT2D eigenvalue weighted by Crippen LogP contribution is 2.43. The average molecular weight is 331 g/mol. The molecule has 23 heavy (non-hydrogen) atoms. The van der Waals surface area contributed by atoms with Crippen LogP contribution in [0.4, 0.5) is 5.82 Å². The van der Waals surface area contributed by atoms with Crippen molar-refractivity contribution in [2.75, 3.05) is 11.1 Å². The van der Waals surface area contributed by atoms with E-state index < -0.39 is 0 Å². The molecule has 0 bridgehead atoms. The lowest BCUT2D eigenvalue weighted by Crippen LogP contribution is -2.15. The highest BCUT2D eigenvalue weighted by atomic mass is 32.2. The predicted molar refractivity (Wildman–Crippen MR) is 93.1 cm³/mol. The van der Waals surface area contributed by atoms with Gasteiger partial charge in [-0.05, 0) is 38.5 Å². The molecule has 0 saturated carbocycles. The summed E-state index contributed by atoms with van der Waals surface area (Å²) in [6.07, 6.45) is 0.155. The lowest BCUT2D eigenvalue weighted by Gasteiger charge is -2.16. The zero-order chi connectivity index (χ0) is 16.6. The molecule has 0 spiro atoms. The van der Waals surface area contributed by atoms with Gasteiger partial charge in [0.1, 0.15) is 11.6 Å². The average Bonchev–Trinajstić information content (AvgIpc) is 2.67. The molecule has 5 nitrogen and oxygen atoms in total. The maximum absolute atomic E-state index is 12.0. The van der Waals surface area contributed by atoms with Crippen molar-refractivity contribution in [2.45, 2.75) is 32.1 Å². The summed E-state index contributed by atoms with van der Waals surface area (Å²) in [5.74, 6) is 2.11. The molecule has 1 atom stereocenters. The van der Waals surface area contributed by atoms with Crippen LogP contribution in [0.2, 0.25) is 0 Å². The van der Waals surface area contributed by atoms with Crippen LogP contribution in [-0.2, 0) is 11.8 Å². The number of benzene rings is 1. The first-order chi connectivity index (χ1) is 11.0. The van der Waals surface area contributed by atoms with Gasteiger partial charge >= 0.3 is 0 Å². The Morgan fingerprint density at radius 1 is 1.35 bits per heavy atom. The minimum Gasteiger partial charge on any atom is -0.491 e. The summed E-state index contributed by atoms with van der Waals surface area (Å²) in [5.41, 5.74) is 3.19. The van der Waals surface area contributed by atoms with Crippen molar-refractivity contribution in [3.8, 4) is 5.75 Å². The number of fused-ring (bicyclic) bond motifs is 1. The highest BCUT2D eigenvalue weighted by Gasteiger charge is 2.29. The molecular weight excluding hydrogens is 310 g/mol. The Balaban J connectivity index is 1.98. The van der Waals surface area contributed by atoms with Gasteiger partial charge in [-0.3, -0.25) is 9.48 Å². The van der Waals surface area contributed by atoms with Gasteiger partial charge in [-0.15, -0.1) is 11.8 Å². The summed E-state index contributed by atoms with van der Waals surface area (Å²) >= 11 is 1.63. The molecule has 1 N–H and O–H groups in total. The first-order valence-electron chi connectivity index (χ1n) is 7.67. The molecule has 2 heterocycles. The molecule has 122 valence electrons. The zero-order valence-electron chi connectivity index (χ0n) is 13.8. The molecule has 0 radical (unpaired) electrons. The van der Waals surface area contributed by atoms with E-state index in [9.17, 15) is 4.79 Å². The van der Waals surface area contributed by atoms with E-state index in [1.807, 2.05) is 40.0 Å². The van der Waals surface area contributed by atoms with Crippen molar-refractivity contribution in [3.05, 3.63) is 41.1 Å². The zero-order valence-corrected chi connectivity index (χ0v) is 14.6. The molecule has 0 saturated heterocycles. The number of aryl methyl sites for hydroxylation is 2. The summed E-state index contributed by atoms with van der Waals surface area (Å²) in [4.78, 5) is 12.0. The standard InChI is InChI=1S/C17H21N3O2S/c1-10(2)22-13-7-5-12(6-8-13)16-15-11(3)19-20(4)17(15)18-14(21)9-23-16/h5-8,10,16H,9H2,1-4H3,(H,18,21)/t16-/m0/s1. The third kappa shape index (κ3) is 3.22. The van der Waals surface area contributed by atoms with Crippen molar-refractivity contribution >= 4 is 23.5 Å². The second-order valence-electron chi connectivity index (χ2n) is 5.95. The molecule has 1 aromatic heterocycles. The second-order valence-corrected chi connectivity index (χ2v) is 7.04. The van der Waals surface area contributed by atoms with Crippen molar-refractivity contribution < 1.29 is 9.53 Å². The molecule has 1 aliphatic rings. The lowest BCUT2D eigenvalue weighted by molar-refractivity contribution is -0.113. The third-order valence-corrected chi connectivity index (χ3v) is 4.99. The fraction of sp³-hybridized carbons (Fsp3) is 0.412. The number of carbonyl (C=O) groups excluding carboxylic acids is 1. The Morgan fingerprint density at radius 2 is 2.04 bits per heavy atom. The van der Waals surface area contributed by atoms with E-state index in [-0.39, 0.29) is 17.3 Å². The molecule has 1 aromatic carbocycles. The van der Waals surface area contributed by atoms with Crippen LogP contribution < -0.4 is 10.1 Å². The highest BCUT2D eigenvalue weighted by molar-refractivity contribution is 8.00. The first-order valence-corrected chi connectivity index (χ1v) is 8.72. The molecule has 6 heteroatoms. The van der Waals surface area contributed by atoms with Crippen LogP contribution in [0.3, 0.4) is 0 Å². The fourth-order valence-corrected chi connectivity index (χ4v) is 3.99. The van der Waals surface area contributed by atoms with E-state index in [0.29, 0.717) is 5.75 Å². The van der Waals surface area contributed by atoms with Crippen LogP contribution in [0, 0.1) is 6.92 Å². The van der Waals surface area contributed by atoms with Crippen molar-refractivity contribution in [1.29, 1.82) is 0 Å². The molecule has 0 aliphatic carbocycles. The Kier molecular flexibility index (Phi) is 4.35. The van der Waals surface area contributed by atoms with E-state index in [1.54, 1.807) is 16.4 Å². The maximum atomic E-state index is 12.0. The SMILES string of the molecule is Cc1nn(C)c2c1[C@H](c1ccc(OC(C)C)cc1)SCC(=O)N2. The van der Waals surface area contributed by atoms with E-state index >= 15 is 0 Å². The Bertz CT molecular complexity index is 722. The van der Waals surface area contributed by atoms with Gasteiger partial charge in [0.25, 0.3) is 0 Å². The van der Waals surface area contributed by atoms with Crippen molar-refractivity contribution in [2.24, 2.45) is 7.05 Å². The number of hydrogen-bond donors (Lipinski definition) is 1. The van der Waals surface area contributed by atoms with Crippen molar-refractivity contribution in [3.63, 3.8) is 0 Å². The van der Waals surface area contributed by atoms with Gasteiger partial charge in [0, 0.05) is 12.6 Å². The molecule has 0 unspecified atom stereocenters.